The highest BCUT2D eigenvalue weighted by Gasteiger charge is 2.09. The Bertz CT molecular complexity index is 776. The van der Waals surface area contributed by atoms with E-state index in [1.807, 2.05) is 36.4 Å². The Morgan fingerprint density at radius 1 is 1.16 bits per heavy atom. The quantitative estimate of drug-likeness (QED) is 0.492. The molecule has 0 saturated heterocycles. The zero-order valence-corrected chi connectivity index (χ0v) is 10.9. The van der Waals surface area contributed by atoms with E-state index in [1.54, 1.807) is 6.20 Å². The molecule has 19 heavy (non-hydrogen) atoms. The fourth-order valence-corrected chi connectivity index (χ4v) is 2.27. The minimum atomic E-state index is 0.362. The van der Waals surface area contributed by atoms with Crippen LogP contribution < -0.4 is 11.5 Å². The molecule has 0 amide bonds. The minimum absolute atomic E-state index is 0.362. The van der Waals surface area contributed by atoms with E-state index in [4.69, 9.17) is 23.7 Å². The third-order valence-corrected chi connectivity index (χ3v) is 3.35. The highest BCUT2D eigenvalue weighted by molar-refractivity contribution is 7.80. The minimum Gasteiger partial charge on any atom is -0.398 e. The second kappa shape index (κ2) is 4.37. The van der Waals surface area contributed by atoms with Crippen LogP contribution in [0.5, 0.6) is 0 Å². The first-order valence-electron chi connectivity index (χ1n) is 5.78. The van der Waals surface area contributed by atoms with Crippen LogP contribution in [0.3, 0.4) is 0 Å². The molecule has 3 rings (SSSR count). The van der Waals surface area contributed by atoms with E-state index in [0.29, 0.717) is 10.7 Å². The Balaban J connectivity index is 2.29. The summed E-state index contributed by atoms with van der Waals surface area (Å²) in [4.78, 5) is 0.362. The summed E-state index contributed by atoms with van der Waals surface area (Å²) in [6.45, 7) is 0. The summed E-state index contributed by atoms with van der Waals surface area (Å²) in [5.74, 6) is 0. The molecule has 0 atom stereocenters. The van der Waals surface area contributed by atoms with Gasteiger partial charge in [-0.15, -0.1) is 0 Å². The van der Waals surface area contributed by atoms with Crippen molar-refractivity contribution in [3.8, 4) is 11.1 Å². The molecule has 0 bridgehead atoms. The van der Waals surface area contributed by atoms with E-state index >= 15 is 0 Å². The van der Waals surface area contributed by atoms with E-state index in [-0.39, 0.29) is 0 Å². The van der Waals surface area contributed by atoms with Crippen molar-refractivity contribution >= 4 is 33.8 Å². The molecule has 0 spiro atoms. The van der Waals surface area contributed by atoms with Crippen LogP contribution in [0.25, 0.3) is 22.0 Å². The Morgan fingerprint density at radius 3 is 2.79 bits per heavy atom. The number of nitrogens with two attached hydrogens (primary N) is 2. The predicted molar refractivity (Wildman–Crippen MR) is 81.8 cm³/mol. The highest BCUT2D eigenvalue weighted by Crippen LogP contribution is 2.32. The summed E-state index contributed by atoms with van der Waals surface area (Å²) in [5.41, 5.74) is 16.1. The third-order valence-electron chi connectivity index (χ3n) is 3.11. The maximum atomic E-state index is 6.07. The van der Waals surface area contributed by atoms with Crippen molar-refractivity contribution in [2.75, 3.05) is 5.73 Å². The van der Waals surface area contributed by atoms with Gasteiger partial charge in [-0.3, -0.25) is 5.10 Å². The Labute approximate surface area is 115 Å². The van der Waals surface area contributed by atoms with Crippen molar-refractivity contribution in [3.63, 3.8) is 0 Å². The number of fused-ring (bicyclic) bond motifs is 1. The predicted octanol–water partition coefficient (Wildman–Crippen LogP) is 2.45. The number of rotatable bonds is 2. The van der Waals surface area contributed by atoms with E-state index in [9.17, 15) is 0 Å². The van der Waals surface area contributed by atoms with Crippen LogP contribution in [0.1, 0.15) is 5.56 Å². The van der Waals surface area contributed by atoms with E-state index in [1.165, 1.54) is 0 Å². The van der Waals surface area contributed by atoms with Crippen LogP contribution in [0, 0.1) is 0 Å². The lowest BCUT2D eigenvalue weighted by atomic mass is 9.98. The van der Waals surface area contributed by atoms with Gasteiger partial charge in [0.05, 0.1) is 11.7 Å². The molecule has 0 fully saturated rings. The van der Waals surface area contributed by atoms with Crippen molar-refractivity contribution in [2.24, 2.45) is 5.73 Å². The first-order chi connectivity index (χ1) is 9.16. The third kappa shape index (κ3) is 1.94. The molecule has 5 heteroatoms. The van der Waals surface area contributed by atoms with Gasteiger partial charge in [0.15, 0.2) is 0 Å². The largest absolute Gasteiger partial charge is 0.398 e. The van der Waals surface area contributed by atoms with E-state index in [2.05, 4.69) is 10.2 Å². The Morgan fingerprint density at radius 2 is 2.00 bits per heavy atom. The van der Waals surface area contributed by atoms with Gasteiger partial charge in [-0.05, 0) is 29.8 Å². The summed E-state index contributed by atoms with van der Waals surface area (Å²) < 4.78 is 0. The molecule has 94 valence electrons. The number of nitrogens with one attached hydrogen (secondary N) is 1. The number of benzene rings is 2. The van der Waals surface area contributed by atoms with Crippen molar-refractivity contribution in [2.45, 2.75) is 0 Å². The fraction of sp³-hybridized carbons (Fsp3) is 0. The summed E-state index contributed by atoms with van der Waals surface area (Å²) in [6, 6.07) is 11.5. The van der Waals surface area contributed by atoms with Crippen molar-refractivity contribution in [1.82, 2.24) is 10.2 Å². The summed E-state index contributed by atoms with van der Waals surface area (Å²) in [7, 11) is 0. The maximum Gasteiger partial charge on any atom is 0.104 e. The molecule has 4 nitrogen and oxygen atoms in total. The van der Waals surface area contributed by atoms with Crippen LogP contribution in [0.4, 0.5) is 5.69 Å². The number of aromatic nitrogens is 2. The molecule has 0 aliphatic carbocycles. The maximum absolute atomic E-state index is 6.07. The van der Waals surface area contributed by atoms with Crippen molar-refractivity contribution < 1.29 is 0 Å². The fourth-order valence-electron chi connectivity index (χ4n) is 2.15. The molecular weight excluding hydrogens is 256 g/mol. The molecular formula is C14H12N4S. The first-order valence-corrected chi connectivity index (χ1v) is 6.19. The van der Waals surface area contributed by atoms with Gasteiger partial charge < -0.3 is 11.5 Å². The van der Waals surface area contributed by atoms with Crippen LogP contribution in [-0.4, -0.2) is 15.2 Å². The molecule has 2 aromatic carbocycles. The second-order valence-corrected chi connectivity index (χ2v) is 4.74. The highest BCUT2D eigenvalue weighted by atomic mass is 32.1. The van der Waals surface area contributed by atoms with Crippen LogP contribution in [-0.2, 0) is 0 Å². The van der Waals surface area contributed by atoms with E-state index in [0.717, 1.165) is 27.6 Å². The van der Waals surface area contributed by atoms with Crippen molar-refractivity contribution in [1.29, 1.82) is 0 Å². The summed E-state index contributed by atoms with van der Waals surface area (Å²) >= 11 is 5.01. The SMILES string of the molecule is NC(=S)c1ccc(N)c(-c2cccc3[nH]ncc23)c1. The number of nitrogen functional groups attached to an aromatic ring is 1. The average Bonchev–Trinajstić information content (AvgIpc) is 2.87. The van der Waals surface area contributed by atoms with Crippen LogP contribution >= 0.6 is 12.2 Å². The number of nitrogens with zero attached hydrogens (tertiary/aromatic N) is 1. The number of thiocarbonyl (C=S) groups is 1. The molecule has 0 saturated carbocycles. The number of hydrogen-bond donors (Lipinski definition) is 3. The molecule has 0 aliphatic heterocycles. The van der Waals surface area contributed by atoms with Gasteiger partial charge in [0.1, 0.15) is 4.99 Å². The number of anilines is 1. The van der Waals surface area contributed by atoms with Crippen LogP contribution in [0.15, 0.2) is 42.6 Å². The molecule has 3 aromatic rings. The van der Waals surface area contributed by atoms with Gasteiger partial charge in [-0.25, -0.2) is 0 Å². The van der Waals surface area contributed by atoms with Gasteiger partial charge in [-0.2, -0.15) is 5.10 Å². The number of hydrogen-bond acceptors (Lipinski definition) is 3. The van der Waals surface area contributed by atoms with Gasteiger partial charge >= 0.3 is 0 Å². The Kier molecular flexibility index (Phi) is 2.68. The first kappa shape index (κ1) is 11.7. The smallest absolute Gasteiger partial charge is 0.104 e. The van der Waals surface area contributed by atoms with Crippen LogP contribution in [0.2, 0.25) is 0 Å². The number of H-pyrrole nitrogens is 1. The molecule has 1 heterocycles. The summed E-state index contributed by atoms with van der Waals surface area (Å²) in [5, 5.41) is 8.03. The van der Waals surface area contributed by atoms with Crippen molar-refractivity contribution in [3.05, 3.63) is 48.2 Å². The zero-order chi connectivity index (χ0) is 13.4. The van der Waals surface area contributed by atoms with Gasteiger partial charge in [-0.1, -0.05) is 24.4 Å². The topological polar surface area (TPSA) is 80.7 Å². The number of aromatic amines is 1. The molecule has 0 unspecified atom stereocenters. The zero-order valence-electron chi connectivity index (χ0n) is 10.1. The Hall–Kier alpha value is -2.40. The van der Waals surface area contributed by atoms with E-state index < -0.39 is 0 Å². The average molecular weight is 268 g/mol. The monoisotopic (exact) mass is 268 g/mol. The van der Waals surface area contributed by atoms with Gasteiger partial charge in [0.2, 0.25) is 0 Å². The normalized spacial score (nSPS) is 10.7. The lowest BCUT2D eigenvalue weighted by Gasteiger charge is -2.09. The van der Waals surface area contributed by atoms with Gasteiger partial charge in [0, 0.05) is 22.2 Å². The summed E-state index contributed by atoms with van der Waals surface area (Å²) in [6.07, 6.45) is 1.79. The lowest BCUT2D eigenvalue weighted by molar-refractivity contribution is 1.12. The second-order valence-electron chi connectivity index (χ2n) is 4.30. The molecule has 0 radical (unpaired) electrons. The molecule has 0 aliphatic rings. The lowest BCUT2D eigenvalue weighted by Crippen LogP contribution is -2.09. The molecule has 1 aromatic heterocycles. The van der Waals surface area contributed by atoms with Gasteiger partial charge in [0.25, 0.3) is 0 Å². The standard InChI is InChI=1S/C14H12N4S/c15-12-5-4-8(14(16)19)6-10(12)9-2-1-3-13-11(9)7-17-18-13/h1-7H,15H2,(H2,16,19)(H,17,18). The molecule has 5 N–H and O–H groups in total.